The Morgan fingerprint density at radius 2 is 2.00 bits per heavy atom. The Labute approximate surface area is 32.6 Å². The maximum Gasteiger partial charge on any atom is 0.0541 e. The van der Waals surface area contributed by atoms with Crippen LogP contribution in [0.4, 0.5) is 0 Å². The second-order valence-corrected chi connectivity index (χ2v) is 1.07. The Bertz CT molecular complexity index is 17.6. The lowest BCUT2D eigenvalue weighted by molar-refractivity contribution is 0.228. The Balaban J connectivity index is 2.54. The van der Waals surface area contributed by atoms with Crippen molar-refractivity contribution in [1.82, 2.24) is 0 Å². The minimum Gasteiger partial charge on any atom is -0.393 e. The molecule has 1 atom stereocenters. The number of aliphatic hydroxyl groups is 1. The first-order valence-electron chi connectivity index (χ1n) is 1.75. The lowest BCUT2D eigenvalue weighted by atomic mass is 10.3. The van der Waals surface area contributed by atoms with Crippen molar-refractivity contribution in [1.29, 1.82) is 0 Å². The van der Waals surface area contributed by atoms with Crippen LogP contribution in [0.5, 0.6) is 0 Å². The molecule has 0 aromatic heterocycles. The molecule has 0 bridgehead atoms. The molecule has 1 radical (unpaired) electrons. The maximum atomic E-state index is 8.31. The second kappa shape index (κ2) is 2.21. The Hall–Kier alpha value is -0.0400. The molecule has 31 valence electrons. The minimum atomic E-state index is -0.241. The molecule has 0 aromatic carbocycles. The molecule has 0 fully saturated rings. The zero-order valence-electron chi connectivity index (χ0n) is 3.60. The highest BCUT2D eigenvalue weighted by molar-refractivity contribution is 4.60. The van der Waals surface area contributed by atoms with E-state index in [-0.39, 0.29) is 6.10 Å². The highest BCUT2D eigenvalue weighted by Crippen LogP contribution is 1.79. The largest absolute Gasteiger partial charge is 0.393 e. The Morgan fingerprint density at radius 1 is 1.80 bits per heavy atom. The van der Waals surface area contributed by atoms with Crippen molar-refractivity contribution >= 4 is 0 Å². The van der Waals surface area contributed by atoms with Crippen LogP contribution >= 0.6 is 0 Å². The van der Waals surface area contributed by atoms with Crippen molar-refractivity contribution in [3.05, 3.63) is 6.42 Å². The summed E-state index contributed by atoms with van der Waals surface area (Å²) in [6.07, 6.45) is 1.48. The molecule has 0 aliphatic carbocycles. The molecule has 0 aromatic rings. The molecule has 0 heterocycles. The van der Waals surface area contributed by atoms with Crippen LogP contribution < -0.4 is 0 Å². The zero-order valence-corrected chi connectivity index (χ0v) is 3.60. The fraction of sp³-hybridized carbons (Fsp3) is 0.750. The van der Waals surface area contributed by atoms with Gasteiger partial charge < -0.3 is 5.11 Å². The lowest BCUT2D eigenvalue weighted by Crippen LogP contribution is -1.94. The van der Waals surface area contributed by atoms with E-state index in [1.54, 1.807) is 13.3 Å². The number of rotatable bonds is 1. The third-order valence-electron chi connectivity index (χ3n) is 0.482. The van der Waals surface area contributed by atoms with E-state index in [1.807, 2.05) is 6.92 Å². The molecule has 0 aliphatic rings. The van der Waals surface area contributed by atoms with Gasteiger partial charge in [-0.2, -0.15) is 0 Å². The molecule has 1 nitrogen and oxygen atoms in total. The summed E-state index contributed by atoms with van der Waals surface area (Å²) < 4.78 is 0. The molecule has 0 spiro atoms. The van der Waals surface area contributed by atoms with Gasteiger partial charge in [-0.05, 0) is 13.3 Å². The summed E-state index contributed by atoms with van der Waals surface area (Å²) in [5.74, 6) is 0. The number of aliphatic hydroxyl groups excluding tert-OH is 1. The highest BCUT2D eigenvalue weighted by atomic mass is 16.3. The average Bonchev–Trinajstić information content (AvgIpc) is 1.38. The molecule has 0 saturated heterocycles. The minimum absolute atomic E-state index is 0.241. The fourth-order valence-electron chi connectivity index (χ4n) is 0. The molecule has 1 unspecified atom stereocenters. The first kappa shape index (κ1) is 4.96. The van der Waals surface area contributed by atoms with Gasteiger partial charge in [0.2, 0.25) is 0 Å². The highest BCUT2D eigenvalue weighted by Gasteiger charge is 1.82. The Morgan fingerprint density at radius 3 is 2.00 bits per heavy atom. The van der Waals surface area contributed by atoms with Gasteiger partial charge in [-0.25, -0.2) is 0 Å². The van der Waals surface area contributed by atoms with E-state index in [4.69, 9.17) is 5.11 Å². The van der Waals surface area contributed by atoms with E-state index in [1.165, 1.54) is 0 Å². The second-order valence-electron chi connectivity index (χ2n) is 1.07. The van der Waals surface area contributed by atoms with Gasteiger partial charge in [0.25, 0.3) is 0 Å². The topological polar surface area (TPSA) is 20.2 Å². The van der Waals surface area contributed by atoms with Crippen molar-refractivity contribution in [2.24, 2.45) is 0 Å². The van der Waals surface area contributed by atoms with E-state index in [9.17, 15) is 0 Å². The van der Waals surface area contributed by atoms with Gasteiger partial charge >= 0.3 is 0 Å². The van der Waals surface area contributed by atoms with Gasteiger partial charge in [-0.1, -0.05) is 6.92 Å². The molecule has 5 heavy (non-hydrogen) atoms. The van der Waals surface area contributed by atoms with Gasteiger partial charge in [0, 0.05) is 0 Å². The van der Waals surface area contributed by atoms with Crippen LogP contribution in [0.3, 0.4) is 0 Å². The Kier molecular flexibility index (Phi) is 2.19. The van der Waals surface area contributed by atoms with E-state index in [2.05, 4.69) is 0 Å². The van der Waals surface area contributed by atoms with Crippen LogP contribution in [0, 0.1) is 6.42 Å². The maximum absolute atomic E-state index is 8.31. The van der Waals surface area contributed by atoms with E-state index < -0.39 is 0 Å². The molecule has 1 N–H and O–H groups in total. The molecule has 1 heteroatoms. The number of hydrogen-bond donors (Lipinski definition) is 1. The van der Waals surface area contributed by atoms with Crippen molar-refractivity contribution in [3.8, 4) is 0 Å². The summed E-state index contributed by atoms with van der Waals surface area (Å²) in [6.45, 7) is 3.55. The SMILES string of the molecule is C[CH]C(C)O. The van der Waals surface area contributed by atoms with Gasteiger partial charge in [-0.3, -0.25) is 0 Å². The standard InChI is InChI=1S/C4H9O/c1-3-4(2)5/h3-5H,1-2H3. The summed E-state index contributed by atoms with van der Waals surface area (Å²) in [4.78, 5) is 0. The van der Waals surface area contributed by atoms with Crippen molar-refractivity contribution in [2.45, 2.75) is 20.0 Å². The molecule has 0 amide bonds. The molecular formula is C4H9O. The predicted octanol–water partition coefficient (Wildman–Crippen LogP) is 0.591. The van der Waals surface area contributed by atoms with E-state index >= 15 is 0 Å². The van der Waals surface area contributed by atoms with Gasteiger partial charge in [-0.15, -0.1) is 0 Å². The summed E-state index contributed by atoms with van der Waals surface area (Å²) in [5, 5.41) is 8.31. The predicted molar refractivity (Wildman–Crippen MR) is 21.7 cm³/mol. The average molecular weight is 73.1 g/mol. The van der Waals surface area contributed by atoms with Crippen LogP contribution in [0.2, 0.25) is 0 Å². The van der Waals surface area contributed by atoms with Crippen molar-refractivity contribution < 1.29 is 5.11 Å². The first-order chi connectivity index (χ1) is 2.27. The summed E-state index contributed by atoms with van der Waals surface area (Å²) in [6, 6.07) is 0. The van der Waals surface area contributed by atoms with Gasteiger partial charge in [0.1, 0.15) is 0 Å². The first-order valence-corrected chi connectivity index (χ1v) is 1.75. The number of hydrogen-bond acceptors (Lipinski definition) is 1. The fourth-order valence-corrected chi connectivity index (χ4v) is 0. The van der Waals surface area contributed by atoms with Crippen molar-refractivity contribution in [3.63, 3.8) is 0 Å². The quantitative estimate of drug-likeness (QED) is 0.481. The smallest absolute Gasteiger partial charge is 0.0541 e. The third kappa shape index (κ3) is 3.96. The molecule has 0 rings (SSSR count). The van der Waals surface area contributed by atoms with E-state index in [0.29, 0.717) is 0 Å². The third-order valence-corrected chi connectivity index (χ3v) is 0.482. The molecule has 0 aliphatic heterocycles. The zero-order chi connectivity index (χ0) is 4.28. The van der Waals surface area contributed by atoms with Crippen LogP contribution in [-0.4, -0.2) is 11.2 Å². The van der Waals surface area contributed by atoms with Crippen LogP contribution in [-0.2, 0) is 0 Å². The van der Waals surface area contributed by atoms with E-state index in [0.717, 1.165) is 0 Å². The van der Waals surface area contributed by atoms with Crippen molar-refractivity contribution in [2.75, 3.05) is 0 Å². The summed E-state index contributed by atoms with van der Waals surface area (Å²) >= 11 is 0. The monoisotopic (exact) mass is 73.1 g/mol. The normalized spacial score (nSPS) is 15.0. The lowest BCUT2D eigenvalue weighted by Gasteiger charge is -1.90. The van der Waals surface area contributed by atoms with Gasteiger partial charge in [0.05, 0.1) is 6.10 Å². The molecular weight excluding hydrogens is 64.0 g/mol. The van der Waals surface area contributed by atoms with Crippen LogP contribution in [0.15, 0.2) is 0 Å². The van der Waals surface area contributed by atoms with Crippen LogP contribution in [0.25, 0.3) is 0 Å². The van der Waals surface area contributed by atoms with Crippen LogP contribution in [0.1, 0.15) is 13.8 Å². The summed E-state index contributed by atoms with van der Waals surface area (Å²) in [7, 11) is 0. The summed E-state index contributed by atoms with van der Waals surface area (Å²) in [5.41, 5.74) is 0. The van der Waals surface area contributed by atoms with Gasteiger partial charge in [0.15, 0.2) is 0 Å². The molecule has 0 saturated carbocycles.